The number of ether oxygens (including phenoxy) is 3. The summed E-state index contributed by atoms with van der Waals surface area (Å²) >= 11 is 0. The van der Waals surface area contributed by atoms with Gasteiger partial charge in [-0.05, 0) is 61.7 Å². The number of anilines is 2. The van der Waals surface area contributed by atoms with Crippen molar-refractivity contribution < 1.29 is 23.8 Å². The molecule has 182 valence electrons. The minimum atomic E-state index is -0.383. The third-order valence-electron chi connectivity index (χ3n) is 5.60. The molecule has 3 aromatic rings. The molecule has 3 aromatic carbocycles. The van der Waals surface area contributed by atoms with Crippen LogP contribution >= 0.6 is 0 Å². The van der Waals surface area contributed by atoms with E-state index in [1.165, 1.54) is 4.90 Å². The van der Waals surface area contributed by atoms with Crippen molar-refractivity contribution in [3.05, 3.63) is 76.9 Å². The van der Waals surface area contributed by atoms with Crippen molar-refractivity contribution >= 4 is 23.3 Å². The van der Waals surface area contributed by atoms with Crippen molar-refractivity contribution in [1.82, 2.24) is 4.90 Å². The van der Waals surface area contributed by atoms with Crippen LogP contribution in [0.5, 0.6) is 17.2 Å². The van der Waals surface area contributed by atoms with Crippen LogP contribution in [0, 0.1) is 20.8 Å². The fourth-order valence-corrected chi connectivity index (χ4v) is 3.93. The monoisotopic (exact) mass is 475 g/mol. The van der Waals surface area contributed by atoms with Gasteiger partial charge in [0, 0.05) is 24.5 Å². The number of nitrogens with one attached hydrogen (secondary N) is 2. The Morgan fingerprint density at radius 2 is 1.69 bits per heavy atom. The zero-order valence-corrected chi connectivity index (χ0v) is 20.3. The molecule has 0 bridgehead atoms. The third kappa shape index (κ3) is 6.03. The quantitative estimate of drug-likeness (QED) is 0.501. The zero-order valence-electron chi connectivity index (χ0n) is 20.3. The van der Waals surface area contributed by atoms with Crippen LogP contribution in [-0.2, 0) is 11.4 Å². The lowest BCUT2D eigenvalue weighted by Gasteiger charge is -2.19. The Balaban J connectivity index is 1.30. The van der Waals surface area contributed by atoms with Gasteiger partial charge in [0.25, 0.3) is 0 Å². The van der Waals surface area contributed by atoms with Crippen molar-refractivity contribution in [3.8, 4) is 17.2 Å². The molecule has 8 heteroatoms. The highest BCUT2D eigenvalue weighted by Gasteiger charge is 2.16. The molecule has 2 N–H and O–H groups in total. The second kappa shape index (κ2) is 10.4. The van der Waals surface area contributed by atoms with E-state index in [1.807, 2.05) is 63.2 Å². The van der Waals surface area contributed by atoms with Crippen LogP contribution < -0.4 is 24.8 Å². The largest absolute Gasteiger partial charge is 0.489 e. The summed E-state index contributed by atoms with van der Waals surface area (Å²) in [4.78, 5) is 26.5. The van der Waals surface area contributed by atoms with Gasteiger partial charge in [0.1, 0.15) is 18.9 Å². The highest BCUT2D eigenvalue weighted by Crippen LogP contribution is 2.35. The van der Waals surface area contributed by atoms with Gasteiger partial charge in [0.15, 0.2) is 11.5 Å². The summed E-state index contributed by atoms with van der Waals surface area (Å²) in [6, 6.07) is 16.4. The van der Waals surface area contributed by atoms with Crippen LogP contribution in [0.3, 0.4) is 0 Å². The molecule has 1 aliphatic rings. The molecule has 0 saturated heterocycles. The number of fused-ring (bicyclic) bond motifs is 1. The average Bonchev–Trinajstić information content (AvgIpc) is 3.28. The minimum absolute atomic E-state index is 0.0779. The topological polar surface area (TPSA) is 89.1 Å². The predicted octanol–water partition coefficient (Wildman–Crippen LogP) is 5.02. The average molecular weight is 476 g/mol. The van der Waals surface area contributed by atoms with Crippen molar-refractivity contribution in [2.24, 2.45) is 0 Å². The Hall–Kier alpha value is -4.20. The molecule has 0 aromatic heterocycles. The maximum Gasteiger partial charge on any atom is 0.322 e. The summed E-state index contributed by atoms with van der Waals surface area (Å²) in [7, 11) is 1.58. The number of aryl methyl sites for hydroxylation is 3. The number of carbonyl (C=O) groups excluding carboxylic acids is 2. The van der Waals surface area contributed by atoms with Gasteiger partial charge in [-0.2, -0.15) is 0 Å². The lowest BCUT2D eigenvalue weighted by atomic mass is 10.1. The molecule has 0 fully saturated rings. The number of rotatable bonds is 7. The van der Waals surface area contributed by atoms with E-state index >= 15 is 0 Å². The Kier molecular flexibility index (Phi) is 7.10. The number of urea groups is 1. The molecule has 0 unspecified atom stereocenters. The van der Waals surface area contributed by atoms with E-state index in [2.05, 4.69) is 10.6 Å². The Labute approximate surface area is 204 Å². The summed E-state index contributed by atoms with van der Waals surface area (Å²) < 4.78 is 16.5. The van der Waals surface area contributed by atoms with E-state index in [0.29, 0.717) is 29.5 Å². The number of nitrogens with zero attached hydrogens (tertiary/aromatic N) is 1. The molecule has 1 heterocycles. The molecular weight excluding hydrogens is 446 g/mol. The number of hydrogen-bond acceptors (Lipinski definition) is 5. The van der Waals surface area contributed by atoms with Gasteiger partial charge in [0.2, 0.25) is 12.7 Å². The van der Waals surface area contributed by atoms with Gasteiger partial charge >= 0.3 is 6.03 Å². The molecule has 3 amide bonds. The first-order chi connectivity index (χ1) is 16.8. The van der Waals surface area contributed by atoms with Crippen molar-refractivity contribution in [2.45, 2.75) is 27.4 Å². The van der Waals surface area contributed by atoms with Gasteiger partial charge in [-0.1, -0.05) is 29.8 Å². The van der Waals surface area contributed by atoms with Crippen molar-refractivity contribution in [1.29, 1.82) is 0 Å². The standard InChI is InChI=1S/C27H29N3O5/c1-17-10-18(2)26(19(3)11-17)29-25(31)14-30(4)27(32)28-21-7-5-6-20(12-21)15-33-22-8-9-23-24(13-22)35-16-34-23/h5-13H,14-16H2,1-4H3,(H,28,32)(H,29,31). The second-order valence-corrected chi connectivity index (χ2v) is 8.61. The van der Waals surface area contributed by atoms with Gasteiger partial charge in [-0.15, -0.1) is 0 Å². The summed E-state index contributed by atoms with van der Waals surface area (Å²) in [5.41, 5.74) is 5.39. The predicted molar refractivity (Wildman–Crippen MR) is 134 cm³/mol. The van der Waals surface area contributed by atoms with Crippen LogP contribution in [-0.4, -0.2) is 37.2 Å². The van der Waals surface area contributed by atoms with Crippen molar-refractivity contribution in [2.75, 3.05) is 31.0 Å². The lowest BCUT2D eigenvalue weighted by Crippen LogP contribution is -2.37. The maximum atomic E-state index is 12.7. The van der Waals surface area contributed by atoms with Crippen LogP contribution in [0.2, 0.25) is 0 Å². The number of amides is 3. The normalized spacial score (nSPS) is 11.7. The Morgan fingerprint density at radius 1 is 0.943 bits per heavy atom. The molecule has 0 saturated carbocycles. The SMILES string of the molecule is Cc1cc(C)c(NC(=O)CN(C)C(=O)Nc2cccc(COc3ccc4c(c3)OCO4)c2)c(C)c1. The van der Waals surface area contributed by atoms with Gasteiger partial charge < -0.3 is 29.7 Å². The van der Waals surface area contributed by atoms with E-state index in [9.17, 15) is 9.59 Å². The molecule has 8 nitrogen and oxygen atoms in total. The molecule has 35 heavy (non-hydrogen) atoms. The number of benzene rings is 3. The third-order valence-corrected chi connectivity index (χ3v) is 5.60. The summed E-state index contributed by atoms with van der Waals surface area (Å²) in [5, 5.41) is 5.75. The number of hydrogen-bond donors (Lipinski definition) is 2. The molecule has 0 radical (unpaired) electrons. The molecule has 0 aliphatic carbocycles. The minimum Gasteiger partial charge on any atom is -0.489 e. The molecule has 0 atom stereocenters. The van der Waals surface area contributed by atoms with E-state index in [0.717, 1.165) is 27.9 Å². The first-order valence-corrected chi connectivity index (χ1v) is 11.3. The zero-order chi connectivity index (χ0) is 24.9. The van der Waals surface area contributed by atoms with E-state index in [4.69, 9.17) is 14.2 Å². The smallest absolute Gasteiger partial charge is 0.322 e. The molecule has 1 aliphatic heterocycles. The Bertz CT molecular complexity index is 1230. The summed E-state index contributed by atoms with van der Waals surface area (Å²) in [6.45, 7) is 6.37. The summed E-state index contributed by atoms with van der Waals surface area (Å²) in [5.74, 6) is 1.75. The van der Waals surface area contributed by atoms with E-state index in [1.54, 1.807) is 19.2 Å². The lowest BCUT2D eigenvalue weighted by molar-refractivity contribution is -0.116. The summed E-state index contributed by atoms with van der Waals surface area (Å²) in [6.07, 6.45) is 0. The van der Waals surface area contributed by atoms with Crippen LogP contribution in [0.25, 0.3) is 0 Å². The van der Waals surface area contributed by atoms with Gasteiger partial charge in [-0.25, -0.2) is 4.79 Å². The fraction of sp³-hybridized carbons (Fsp3) is 0.259. The highest BCUT2D eigenvalue weighted by molar-refractivity contribution is 5.97. The number of carbonyl (C=O) groups is 2. The Morgan fingerprint density at radius 3 is 2.46 bits per heavy atom. The highest BCUT2D eigenvalue weighted by atomic mass is 16.7. The second-order valence-electron chi connectivity index (χ2n) is 8.61. The van der Waals surface area contributed by atoms with Crippen LogP contribution in [0.4, 0.5) is 16.2 Å². The molecular formula is C27H29N3O5. The molecule has 0 spiro atoms. The van der Waals surface area contributed by atoms with Gasteiger partial charge in [-0.3, -0.25) is 4.79 Å². The van der Waals surface area contributed by atoms with E-state index in [-0.39, 0.29) is 25.3 Å². The van der Waals surface area contributed by atoms with Crippen molar-refractivity contribution in [3.63, 3.8) is 0 Å². The van der Waals surface area contributed by atoms with Gasteiger partial charge in [0.05, 0.1) is 0 Å². The maximum absolute atomic E-state index is 12.7. The number of likely N-dealkylation sites (N-methyl/N-ethyl adjacent to an activating group) is 1. The fourth-order valence-electron chi connectivity index (χ4n) is 3.93. The van der Waals surface area contributed by atoms with E-state index < -0.39 is 0 Å². The van der Waals surface area contributed by atoms with Crippen LogP contribution in [0.15, 0.2) is 54.6 Å². The first-order valence-electron chi connectivity index (χ1n) is 11.3. The first kappa shape index (κ1) is 23.9. The molecule has 4 rings (SSSR count). The van der Waals surface area contributed by atoms with Crippen LogP contribution in [0.1, 0.15) is 22.3 Å².